The fourth-order valence-corrected chi connectivity index (χ4v) is 2.60. The third-order valence-electron chi connectivity index (χ3n) is 3.76. The van der Waals surface area contributed by atoms with Gasteiger partial charge >= 0.3 is 6.03 Å². The molecule has 3 aromatic rings. The highest BCUT2D eigenvalue weighted by Gasteiger charge is 2.16. The van der Waals surface area contributed by atoms with Crippen molar-refractivity contribution in [3.63, 3.8) is 0 Å². The maximum absolute atomic E-state index is 12.6. The van der Waals surface area contributed by atoms with Crippen molar-refractivity contribution in [3.05, 3.63) is 42.4 Å². The fraction of sp³-hybridized carbons (Fsp3) is 0.278. The van der Waals surface area contributed by atoms with E-state index < -0.39 is 6.03 Å². The molecule has 0 atom stereocenters. The van der Waals surface area contributed by atoms with Gasteiger partial charge in [0.15, 0.2) is 11.4 Å². The second-order valence-electron chi connectivity index (χ2n) is 5.73. The van der Waals surface area contributed by atoms with Crippen molar-refractivity contribution >= 4 is 23.4 Å². The molecule has 26 heavy (non-hydrogen) atoms. The number of Topliss-reactive ketones (excluding diaryl/α,β-unsaturated/α-hetero) is 1. The summed E-state index contributed by atoms with van der Waals surface area (Å²) in [5, 5.41) is 9.46. The van der Waals surface area contributed by atoms with E-state index in [-0.39, 0.29) is 11.7 Å². The number of urea groups is 1. The van der Waals surface area contributed by atoms with E-state index in [2.05, 4.69) is 25.7 Å². The molecule has 3 rings (SSSR count). The summed E-state index contributed by atoms with van der Waals surface area (Å²) in [4.78, 5) is 32.7. The molecule has 2 amide bonds. The lowest BCUT2D eigenvalue weighted by Gasteiger charge is -2.07. The third kappa shape index (κ3) is 3.69. The predicted molar refractivity (Wildman–Crippen MR) is 98.2 cm³/mol. The van der Waals surface area contributed by atoms with E-state index in [0.717, 1.165) is 17.5 Å². The highest BCUT2D eigenvalue weighted by atomic mass is 16.2. The number of pyridine rings is 2. The van der Waals surface area contributed by atoms with Crippen molar-refractivity contribution in [2.45, 2.75) is 26.7 Å². The van der Waals surface area contributed by atoms with E-state index in [1.54, 1.807) is 18.5 Å². The van der Waals surface area contributed by atoms with Gasteiger partial charge in [-0.05, 0) is 37.1 Å². The van der Waals surface area contributed by atoms with Gasteiger partial charge in [0.05, 0.1) is 0 Å². The zero-order chi connectivity index (χ0) is 18.5. The molecular formula is C18H20N6O2. The number of rotatable bonds is 6. The number of carbonyl (C=O) groups excluding carboxylic acids is 2. The zero-order valence-electron chi connectivity index (χ0n) is 14.7. The van der Waals surface area contributed by atoms with Gasteiger partial charge in [-0.1, -0.05) is 13.0 Å². The summed E-state index contributed by atoms with van der Waals surface area (Å²) in [6, 6.07) is 6.95. The summed E-state index contributed by atoms with van der Waals surface area (Å²) in [6.07, 6.45) is 4.56. The molecule has 0 saturated carbocycles. The molecule has 3 heterocycles. The van der Waals surface area contributed by atoms with Crippen LogP contribution in [0.1, 0.15) is 37.2 Å². The fourth-order valence-electron chi connectivity index (χ4n) is 2.60. The van der Waals surface area contributed by atoms with Crippen LogP contribution in [0.4, 0.5) is 10.7 Å². The van der Waals surface area contributed by atoms with Gasteiger partial charge in [-0.25, -0.2) is 9.31 Å². The molecule has 0 aliphatic rings. The average Bonchev–Trinajstić information content (AvgIpc) is 3.04. The van der Waals surface area contributed by atoms with Gasteiger partial charge in [-0.2, -0.15) is 4.98 Å². The van der Waals surface area contributed by atoms with Crippen LogP contribution in [0.3, 0.4) is 0 Å². The summed E-state index contributed by atoms with van der Waals surface area (Å²) >= 11 is 0. The van der Waals surface area contributed by atoms with E-state index in [0.29, 0.717) is 24.3 Å². The maximum atomic E-state index is 12.6. The molecule has 0 saturated heterocycles. The number of hydrogen-bond acceptors (Lipinski definition) is 5. The maximum Gasteiger partial charge on any atom is 0.321 e. The third-order valence-corrected chi connectivity index (χ3v) is 3.76. The first-order chi connectivity index (χ1) is 12.6. The van der Waals surface area contributed by atoms with Crippen LogP contribution in [-0.4, -0.2) is 37.9 Å². The number of nitrogens with one attached hydrogen (secondary N) is 2. The van der Waals surface area contributed by atoms with Crippen LogP contribution in [-0.2, 0) is 0 Å². The number of hydrogen-bond donors (Lipinski definition) is 2. The molecule has 0 aromatic carbocycles. The van der Waals surface area contributed by atoms with Gasteiger partial charge in [0.2, 0.25) is 0 Å². The van der Waals surface area contributed by atoms with E-state index in [1.165, 1.54) is 4.52 Å². The SMILES string of the molecule is CCCC(=O)c1cc(-c2cccnc2)cc2nc(NC(=O)NCC)nn12. The Balaban J connectivity index is 2.09. The predicted octanol–water partition coefficient (Wildman–Crippen LogP) is 2.92. The van der Waals surface area contributed by atoms with E-state index in [1.807, 2.05) is 32.0 Å². The second-order valence-corrected chi connectivity index (χ2v) is 5.73. The zero-order valence-corrected chi connectivity index (χ0v) is 14.7. The molecule has 0 spiro atoms. The molecule has 0 aliphatic heterocycles. The second kappa shape index (κ2) is 7.73. The first kappa shape index (κ1) is 17.5. The monoisotopic (exact) mass is 352 g/mol. The molecule has 0 bridgehead atoms. The largest absolute Gasteiger partial charge is 0.338 e. The molecule has 2 N–H and O–H groups in total. The molecule has 0 unspecified atom stereocenters. The molecular weight excluding hydrogens is 332 g/mol. The lowest BCUT2D eigenvalue weighted by Crippen LogP contribution is -2.28. The van der Waals surface area contributed by atoms with Crippen molar-refractivity contribution in [1.29, 1.82) is 0 Å². The highest BCUT2D eigenvalue weighted by molar-refractivity contribution is 5.96. The van der Waals surface area contributed by atoms with Crippen LogP contribution >= 0.6 is 0 Å². The quantitative estimate of drug-likeness (QED) is 0.664. The molecule has 134 valence electrons. The van der Waals surface area contributed by atoms with Crippen LogP contribution in [0.5, 0.6) is 0 Å². The Hall–Kier alpha value is -3.29. The normalized spacial score (nSPS) is 10.7. The molecule has 0 radical (unpaired) electrons. The summed E-state index contributed by atoms with van der Waals surface area (Å²) in [5.41, 5.74) is 2.61. The standard InChI is InChI=1S/C18H20N6O2/c1-3-6-15(25)14-9-13(12-7-5-8-19-11-12)10-16-21-17(23-24(14)16)22-18(26)20-4-2/h5,7-11H,3-4,6H2,1-2H3,(H2,20,22,23,26). The van der Waals surface area contributed by atoms with Crippen LogP contribution in [0, 0.1) is 0 Å². The minimum absolute atomic E-state index is 0.0299. The summed E-state index contributed by atoms with van der Waals surface area (Å²) in [6.45, 7) is 4.26. The van der Waals surface area contributed by atoms with Crippen molar-refractivity contribution in [2.75, 3.05) is 11.9 Å². The number of carbonyl (C=O) groups is 2. The lowest BCUT2D eigenvalue weighted by molar-refractivity contribution is 0.0974. The van der Waals surface area contributed by atoms with Gasteiger partial charge in [-0.3, -0.25) is 15.1 Å². The Morgan fingerprint density at radius 2 is 2.04 bits per heavy atom. The minimum atomic E-state index is -0.391. The number of anilines is 1. The van der Waals surface area contributed by atoms with Crippen LogP contribution in [0.15, 0.2) is 36.7 Å². The van der Waals surface area contributed by atoms with Crippen molar-refractivity contribution in [1.82, 2.24) is 24.9 Å². The van der Waals surface area contributed by atoms with E-state index in [4.69, 9.17) is 0 Å². The summed E-state index contributed by atoms with van der Waals surface area (Å²) in [7, 11) is 0. The number of amides is 2. The van der Waals surface area contributed by atoms with Crippen LogP contribution in [0.2, 0.25) is 0 Å². The molecule has 0 aliphatic carbocycles. The number of nitrogens with zero attached hydrogens (tertiary/aromatic N) is 4. The molecule has 8 heteroatoms. The van der Waals surface area contributed by atoms with Crippen molar-refractivity contribution in [3.8, 4) is 11.1 Å². The van der Waals surface area contributed by atoms with Gasteiger partial charge in [-0.15, -0.1) is 5.10 Å². The van der Waals surface area contributed by atoms with E-state index >= 15 is 0 Å². The first-order valence-corrected chi connectivity index (χ1v) is 8.51. The number of fused-ring (bicyclic) bond motifs is 1. The summed E-state index contributed by atoms with van der Waals surface area (Å²) < 4.78 is 1.47. The van der Waals surface area contributed by atoms with Gasteiger partial charge in [0, 0.05) is 30.9 Å². The van der Waals surface area contributed by atoms with Gasteiger partial charge in [0.25, 0.3) is 5.95 Å². The topological polar surface area (TPSA) is 101 Å². The molecule has 3 aromatic heterocycles. The minimum Gasteiger partial charge on any atom is -0.338 e. The average molecular weight is 352 g/mol. The Bertz CT molecular complexity index is 936. The highest BCUT2D eigenvalue weighted by Crippen LogP contribution is 2.23. The number of aromatic nitrogens is 4. The molecule has 0 fully saturated rings. The summed E-state index contributed by atoms with van der Waals surface area (Å²) in [5.74, 6) is 0.113. The Morgan fingerprint density at radius 1 is 1.19 bits per heavy atom. The van der Waals surface area contributed by atoms with Crippen molar-refractivity contribution < 1.29 is 9.59 Å². The van der Waals surface area contributed by atoms with E-state index in [9.17, 15) is 9.59 Å². The van der Waals surface area contributed by atoms with Gasteiger partial charge in [0.1, 0.15) is 5.69 Å². The Morgan fingerprint density at radius 3 is 2.73 bits per heavy atom. The Kier molecular flexibility index (Phi) is 5.21. The number of ketones is 1. The molecule has 8 nitrogen and oxygen atoms in total. The first-order valence-electron chi connectivity index (χ1n) is 8.51. The smallest absolute Gasteiger partial charge is 0.321 e. The lowest BCUT2D eigenvalue weighted by atomic mass is 10.1. The Labute approximate surface area is 150 Å². The van der Waals surface area contributed by atoms with Crippen molar-refractivity contribution in [2.24, 2.45) is 0 Å². The van der Waals surface area contributed by atoms with Gasteiger partial charge < -0.3 is 5.32 Å². The van der Waals surface area contributed by atoms with Crippen LogP contribution in [0.25, 0.3) is 16.8 Å². The van der Waals surface area contributed by atoms with Crippen LogP contribution < -0.4 is 10.6 Å².